The topological polar surface area (TPSA) is 31.2 Å². The highest BCUT2D eigenvalue weighted by molar-refractivity contribution is 5.65. The second kappa shape index (κ2) is 7.31. The Morgan fingerprint density at radius 3 is 2.03 bits per heavy atom. The summed E-state index contributed by atoms with van der Waals surface area (Å²) < 4.78 is 84.2. The van der Waals surface area contributed by atoms with Gasteiger partial charge in [0.05, 0.1) is 17.3 Å². The minimum Gasteiger partial charge on any atom is -0.452 e. The lowest BCUT2D eigenvalue weighted by molar-refractivity contribution is -0.138. The van der Waals surface area contributed by atoms with Crippen LogP contribution in [0.2, 0.25) is 0 Å². The molecule has 9 heteroatoms. The molecule has 152 valence electrons. The Bertz CT molecular complexity index is 1100. The van der Waals surface area contributed by atoms with E-state index in [1.54, 1.807) is 0 Å². The first-order chi connectivity index (χ1) is 13.4. The zero-order valence-corrected chi connectivity index (χ0v) is 14.8. The molecule has 0 aliphatic rings. The molecule has 0 aliphatic heterocycles. The molecule has 0 fully saturated rings. The van der Waals surface area contributed by atoms with E-state index in [4.69, 9.17) is 4.74 Å². The van der Waals surface area contributed by atoms with Crippen LogP contribution in [0.1, 0.15) is 11.1 Å². The molecule has 0 atom stereocenters. The van der Waals surface area contributed by atoms with E-state index in [1.807, 2.05) is 0 Å². The highest BCUT2D eigenvalue weighted by Gasteiger charge is 2.31. The van der Waals surface area contributed by atoms with Crippen LogP contribution in [0.3, 0.4) is 0 Å². The van der Waals surface area contributed by atoms with Crippen LogP contribution in [0.25, 0.3) is 11.1 Å². The summed E-state index contributed by atoms with van der Waals surface area (Å²) in [5.41, 5.74) is -2.71. The van der Waals surface area contributed by atoms with Gasteiger partial charge in [0.2, 0.25) is 5.43 Å². The largest absolute Gasteiger partial charge is 0.452 e. The fourth-order valence-corrected chi connectivity index (χ4v) is 2.68. The van der Waals surface area contributed by atoms with E-state index >= 15 is 0 Å². The third-order valence-electron chi connectivity index (χ3n) is 4.01. The monoisotopic (exact) mass is 413 g/mol. The summed E-state index contributed by atoms with van der Waals surface area (Å²) in [5.74, 6) is -0.542. The quantitative estimate of drug-likeness (QED) is 0.502. The number of benzene rings is 2. The van der Waals surface area contributed by atoms with Crippen molar-refractivity contribution >= 4 is 0 Å². The summed E-state index contributed by atoms with van der Waals surface area (Å²) in [6.07, 6.45) is -6.63. The van der Waals surface area contributed by atoms with E-state index in [1.165, 1.54) is 36.1 Å². The van der Waals surface area contributed by atoms with Gasteiger partial charge < -0.3 is 9.30 Å². The zero-order valence-electron chi connectivity index (χ0n) is 14.8. The Hall–Kier alpha value is -3.23. The summed E-state index contributed by atoms with van der Waals surface area (Å²) in [6, 6.07) is 8.14. The van der Waals surface area contributed by atoms with Gasteiger partial charge >= 0.3 is 12.4 Å². The summed E-state index contributed by atoms with van der Waals surface area (Å²) in [4.78, 5) is 12.7. The van der Waals surface area contributed by atoms with Gasteiger partial charge in [-0.2, -0.15) is 26.3 Å². The number of aryl methyl sites for hydroxylation is 1. The molecule has 0 N–H and O–H groups in total. The molecule has 0 aliphatic carbocycles. The van der Waals surface area contributed by atoms with Crippen LogP contribution in [0.15, 0.2) is 65.7 Å². The number of hydrogen-bond donors (Lipinski definition) is 0. The second-order valence-electron chi connectivity index (χ2n) is 6.24. The molecule has 3 rings (SSSR count). The number of halogens is 6. The molecule has 0 saturated carbocycles. The molecule has 3 nitrogen and oxygen atoms in total. The first kappa shape index (κ1) is 20.5. The maximum absolute atomic E-state index is 13.0. The summed E-state index contributed by atoms with van der Waals surface area (Å²) in [5, 5.41) is 0. The van der Waals surface area contributed by atoms with Gasteiger partial charge in [0.1, 0.15) is 5.75 Å². The highest BCUT2D eigenvalue weighted by Crippen LogP contribution is 2.33. The maximum Gasteiger partial charge on any atom is 0.416 e. The van der Waals surface area contributed by atoms with Crippen molar-refractivity contribution in [3.8, 4) is 22.6 Å². The van der Waals surface area contributed by atoms with Crippen LogP contribution < -0.4 is 10.2 Å². The highest BCUT2D eigenvalue weighted by atomic mass is 19.4. The van der Waals surface area contributed by atoms with Crippen molar-refractivity contribution in [2.45, 2.75) is 12.4 Å². The van der Waals surface area contributed by atoms with E-state index < -0.39 is 28.9 Å². The van der Waals surface area contributed by atoms with Gasteiger partial charge in [-0.25, -0.2) is 0 Å². The Balaban J connectivity index is 2.04. The Kier molecular flexibility index (Phi) is 5.16. The number of nitrogens with zero attached hydrogens (tertiary/aromatic N) is 1. The summed E-state index contributed by atoms with van der Waals surface area (Å²) in [7, 11) is 1.51. The van der Waals surface area contributed by atoms with Crippen molar-refractivity contribution in [3.05, 3.63) is 82.3 Å². The first-order valence-electron chi connectivity index (χ1n) is 8.18. The van der Waals surface area contributed by atoms with Gasteiger partial charge in [0, 0.05) is 18.8 Å². The van der Waals surface area contributed by atoms with Gasteiger partial charge in [0.15, 0.2) is 5.75 Å². The molecule has 0 spiro atoms. The van der Waals surface area contributed by atoms with E-state index in [2.05, 4.69) is 0 Å². The van der Waals surface area contributed by atoms with Gasteiger partial charge in [-0.05, 0) is 35.9 Å². The Morgan fingerprint density at radius 1 is 0.828 bits per heavy atom. The average Bonchev–Trinajstić information content (AvgIpc) is 2.63. The third-order valence-corrected chi connectivity index (χ3v) is 4.01. The molecular formula is C20H13F6NO2. The van der Waals surface area contributed by atoms with E-state index in [-0.39, 0.29) is 22.6 Å². The van der Waals surface area contributed by atoms with Gasteiger partial charge in [-0.3, -0.25) is 4.79 Å². The normalized spacial score (nSPS) is 12.1. The number of alkyl halides is 6. The predicted molar refractivity (Wildman–Crippen MR) is 93.6 cm³/mol. The third kappa shape index (κ3) is 4.61. The molecule has 1 heterocycles. The van der Waals surface area contributed by atoms with E-state index in [0.717, 1.165) is 36.4 Å². The van der Waals surface area contributed by atoms with Crippen molar-refractivity contribution in [2.24, 2.45) is 7.05 Å². The Morgan fingerprint density at radius 2 is 1.41 bits per heavy atom. The van der Waals surface area contributed by atoms with E-state index in [9.17, 15) is 31.1 Å². The molecule has 1 aromatic heterocycles. The standard InChI is InChI=1S/C20H13F6NO2/c1-27-10-16(12-4-2-5-13(8-12)19(21,22)23)18(28)17(11-27)29-15-7-3-6-14(9-15)20(24,25)26/h2-11H,1H3. The molecule has 0 saturated heterocycles. The van der Waals surface area contributed by atoms with Crippen LogP contribution in [0.4, 0.5) is 26.3 Å². The minimum atomic E-state index is -4.59. The van der Waals surface area contributed by atoms with Gasteiger partial charge in [-0.1, -0.05) is 18.2 Å². The van der Waals surface area contributed by atoms with Crippen molar-refractivity contribution in [3.63, 3.8) is 0 Å². The number of pyridine rings is 1. The number of aromatic nitrogens is 1. The molecule has 0 radical (unpaired) electrons. The van der Waals surface area contributed by atoms with Crippen LogP contribution in [-0.2, 0) is 19.4 Å². The summed E-state index contributed by atoms with van der Waals surface area (Å²) >= 11 is 0. The van der Waals surface area contributed by atoms with Gasteiger partial charge in [-0.15, -0.1) is 0 Å². The van der Waals surface area contributed by atoms with Crippen molar-refractivity contribution in [2.75, 3.05) is 0 Å². The zero-order chi connectivity index (χ0) is 21.4. The molecule has 0 unspecified atom stereocenters. The summed E-state index contributed by atoms with van der Waals surface area (Å²) in [6.45, 7) is 0. The number of ether oxygens (including phenoxy) is 1. The van der Waals surface area contributed by atoms with E-state index in [0.29, 0.717) is 0 Å². The lowest BCUT2D eigenvalue weighted by Gasteiger charge is -2.13. The number of hydrogen-bond acceptors (Lipinski definition) is 2. The Labute approximate surface area is 160 Å². The lowest BCUT2D eigenvalue weighted by atomic mass is 10.0. The smallest absolute Gasteiger partial charge is 0.416 e. The molecular weight excluding hydrogens is 400 g/mol. The molecule has 3 aromatic rings. The van der Waals surface area contributed by atoms with Gasteiger partial charge in [0.25, 0.3) is 0 Å². The molecule has 29 heavy (non-hydrogen) atoms. The van der Waals surface area contributed by atoms with Crippen molar-refractivity contribution in [1.82, 2.24) is 4.57 Å². The first-order valence-corrected chi connectivity index (χ1v) is 8.18. The van der Waals surface area contributed by atoms with Crippen LogP contribution in [-0.4, -0.2) is 4.57 Å². The minimum absolute atomic E-state index is 0.00918. The van der Waals surface area contributed by atoms with Crippen LogP contribution >= 0.6 is 0 Å². The molecule has 0 amide bonds. The van der Waals surface area contributed by atoms with Crippen LogP contribution in [0, 0.1) is 0 Å². The average molecular weight is 413 g/mol. The van der Waals surface area contributed by atoms with Crippen molar-refractivity contribution in [1.29, 1.82) is 0 Å². The lowest BCUT2D eigenvalue weighted by Crippen LogP contribution is -2.12. The fourth-order valence-electron chi connectivity index (χ4n) is 2.68. The fraction of sp³-hybridized carbons (Fsp3) is 0.150. The maximum atomic E-state index is 13.0. The SMILES string of the molecule is Cn1cc(Oc2cccc(C(F)(F)F)c2)c(=O)c(-c2cccc(C(F)(F)F)c2)c1. The molecule has 0 bridgehead atoms. The number of rotatable bonds is 3. The second-order valence-corrected chi connectivity index (χ2v) is 6.24. The molecule has 2 aromatic carbocycles. The predicted octanol–water partition coefficient (Wildman–Crippen LogP) is 5.88. The van der Waals surface area contributed by atoms with Crippen molar-refractivity contribution < 1.29 is 31.1 Å². The van der Waals surface area contributed by atoms with Crippen LogP contribution in [0.5, 0.6) is 11.5 Å².